The lowest BCUT2D eigenvalue weighted by molar-refractivity contribution is -0.118. The number of anilines is 2. The number of phenolic OH excluding ortho intramolecular Hbond substituents is 1. The van der Waals surface area contributed by atoms with E-state index in [0.29, 0.717) is 5.69 Å². The third-order valence-corrected chi connectivity index (χ3v) is 3.81. The van der Waals surface area contributed by atoms with Crippen LogP contribution in [0.3, 0.4) is 0 Å². The molecule has 0 bridgehead atoms. The van der Waals surface area contributed by atoms with Gasteiger partial charge in [0.25, 0.3) is 5.91 Å². The number of ketones is 1. The molecular formula is C18H17N3O3. The van der Waals surface area contributed by atoms with Crippen molar-refractivity contribution >= 4 is 28.8 Å². The molecule has 1 aliphatic heterocycles. The standard InChI is InChI=1S/C18H17N3O3/c1-12(22)16-11-15(20-21(16)13-7-3-2-4-8-13)18(24)19-14-9-5-6-10-17(14)23/h2-10,16,23H,11H2,1H3,(H,19,24)/t16-/m1/s1. The Kier molecular flexibility index (Phi) is 4.29. The van der Waals surface area contributed by atoms with Gasteiger partial charge < -0.3 is 10.4 Å². The number of benzene rings is 2. The van der Waals surface area contributed by atoms with Gasteiger partial charge in [-0.3, -0.25) is 14.6 Å². The van der Waals surface area contributed by atoms with Crippen LogP contribution >= 0.6 is 0 Å². The summed E-state index contributed by atoms with van der Waals surface area (Å²) in [5.41, 5.74) is 1.31. The third-order valence-electron chi connectivity index (χ3n) is 3.81. The first-order valence-corrected chi connectivity index (χ1v) is 7.58. The highest BCUT2D eigenvalue weighted by atomic mass is 16.3. The summed E-state index contributed by atoms with van der Waals surface area (Å²) in [7, 11) is 0. The van der Waals surface area contributed by atoms with Crippen LogP contribution in [0.15, 0.2) is 59.7 Å². The fourth-order valence-corrected chi connectivity index (χ4v) is 2.56. The number of carbonyl (C=O) groups is 2. The monoisotopic (exact) mass is 323 g/mol. The molecule has 0 aromatic heterocycles. The highest BCUT2D eigenvalue weighted by Crippen LogP contribution is 2.26. The van der Waals surface area contributed by atoms with E-state index < -0.39 is 11.9 Å². The number of nitrogens with zero attached hydrogens (tertiary/aromatic N) is 2. The quantitative estimate of drug-likeness (QED) is 0.847. The number of carbonyl (C=O) groups excluding carboxylic acids is 2. The Morgan fingerprint density at radius 1 is 1.12 bits per heavy atom. The topological polar surface area (TPSA) is 82.0 Å². The smallest absolute Gasteiger partial charge is 0.272 e. The molecule has 2 aromatic carbocycles. The van der Waals surface area contributed by atoms with Crippen LogP contribution in [0.4, 0.5) is 11.4 Å². The molecule has 0 spiro atoms. The Morgan fingerprint density at radius 3 is 2.46 bits per heavy atom. The first-order valence-electron chi connectivity index (χ1n) is 7.58. The highest BCUT2D eigenvalue weighted by Gasteiger charge is 2.34. The number of aromatic hydroxyl groups is 1. The van der Waals surface area contributed by atoms with Gasteiger partial charge in [0.1, 0.15) is 17.5 Å². The van der Waals surface area contributed by atoms with E-state index >= 15 is 0 Å². The molecule has 0 saturated carbocycles. The number of hydrogen-bond donors (Lipinski definition) is 2. The molecule has 2 N–H and O–H groups in total. The summed E-state index contributed by atoms with van der Waals surface area (Å²) < 4.78 is 0. The molecule has 0 aliphatic carbocycles. The van der Waals surface area contributed by atoms with Gasteiger partial charge >= 0.3 is 0 Å². The Balaban J connectivity index is 1.84. The van der Waals surface area contributed by atoms with Crippen molar-refractivity contribution in [3.63, 3.8) is 0 Å². The molecule has 0 radical (unpaired) electrons. The predicted molar refractivity (Wildman–Crippen MR) is 92.2 cm³/mol. The number of para-hydroxylation sites is 3. The van der Waals surface area contributed by atoms with Crippen LogP contribution in [-0.4, -0.2) is 28.6 Å². The van der Waals surface area contributed by atoms with E-state index in [0.717, 1.165) is 5.69 Å². The van der Waals surface area contributed by atoms with Gasteiger partial charge in [-0.15, -0.1) is 0 Å². The number of nitrogens with one attached hydrogen (secondary N) is 1. The van der Waals surface area contributed by atoms with E-state index in [4.69, 9.17) is 0 Å². The molecule has 0 saturated heterocycles. The molecular weight excluding hydrogens is 306 g/mol. The highest BCUT2D eigenvalue weighted by molar-refractivity contribution is 6.44. The molecule has 122 valence electrons. The summed E-state index contributed by atoms with van der Waals surface area (Å²) in [5.74, 6) is -0.512. The Labute approximate surface area is 139 Å². The number of hydrogen-bond acceptors (Lipinski definition) is 5. The van der Waals surface area contributed by atoms with Crippen molar-refractivity contribution in [3.05, 3.63) is 54.6 Å². The summed E-state index contributed by atoms with van der Waals surface area (Å²) in [6.45, 7) is 1.49. The summed E-state index contributed by atoms with van der Waals surface area (Å²) in [6, 6.07) is 15.2. The molecule has 6 nitrogen and oxygen atoms in total. The second-order valence-electron chi connectivity index (χ2n) is 5.53. The fourth-order valence-electron chi connectivity index (χ4n) is 2.56. The lowest BCUT2D eigenvalue weighted by Crippen LogP contribution is -2.33. The van der Waals surface area contributed by atoms with Crippen molar-refractivity contribution in [2.24, 2.45) is 5.10 Å². The van der Waals surface area contributed by atoms with E-state index in [1.54, 1.807) is 23.2 Å². The minimum absolute atomic E-state index is 0.0209. The van der Waals surface area contributed by atoms with Gasteiger partial charge in [0, 0.05) is 6.42 Å². The number of Topliss-reactive ketones (excluding diaryl/α,β-unsaturated/α-hetero) is 1. The normalized spacial score (nSPS) is 16.6. The van der Waals surface area contributed by atoms with Gasteiger partial charge in [-0.1, -0.05) is 30.3 Å². The molecule has 24 heavy (non-hydrogen) atoms. The van der Waals surface area contributed by atoms with Crippen LogP contribution in [0.1, 0.15) is 13.3 Å². The van der Waals surface area contributed by atoms with E-state index in [2.05, 4.69) is 10.4 Å². The molecule has 1 atom stereocenters. The lowest BCUT2D eigenvalue weighted by Gasteiger charge is -2.20. The van der Waals surface area contributed by atoms with Crippen LogP contribution in [0.5, 0.6) is 5.75 Å². The second kappa shape index (κ2) is 6.54. The van der Waals surface area contributed by atoms with Crippen molar-refractivity contribution in [2.75, 3.05) is 10.3 Å². The molecule has 1 heterocycles. The molecule has 3 rings (SSSR count). The summed E-state index contributed by atoms with van der Waals surface area (Å²) in [6.07, 6.45) is 0.226. The molecule has 6 heteroatoms. The molecule has 2 aromatic rings. The molecule has 0 unspecified atom stereocenters. The Morgan fingerprint density at radius 2 is 1.79 bits per heavy atom. The maximum Gasteiger partial charge on any atom is 0.272 e. The summed E-state index contributed by atoms with van der Waals surface area (Å²) in [5, 5.41) is 18.3. The SMILES string of the molecule is CC(=O)[C@H]1CC(C(=O)Nc2ccccc2O)=NN1c1ccccc1. The van der Waals surface area contributed by atoms with E-state index in [1.807, 2.05) is 30.3 Å². The minimum Gasteiger partial charge on any atom is -0.506 e. The first-order chi connectivity index (χ1) is 11.6. The van der Waals surface area contributed by atoms with Crippen LogP contribution in [0.25, 0.3) is 0 Å². The van der Waals surface area contributed by atoms with Crippen molar-refractivity contribution in [1.82, 2.24) is 0 Å². The maximum atomic E-state index is 12.4. The van der Waals surface area contributed by atoms with Crippen LogP contribution in [0.2, 0.25) is 0 Å². The zero-order chi connectivity index (χ0) is 17.1. The third kappa shape index (κ3) is 3.12. The van der Waals surface area contributed by atoms with Crippen LogP contribution < -0.4 is 10.3 Å². The largest absolute Gasteiger partial charge is 0.506 e. The number of amides is 1. The van der Waals surface area contributed by atoms with E-state index in [1.165, 1.54) is 13.0 Å². The van der Waals surface area contributed by atoms with Gasteiger partial charge in [0.2, 0.25) is 0 Å². The molecule has 1 aliphatic rings. The van der Waals surface area contributed by atoms with E-state index in [-0.39, 0.29) is 23.7 Å². The van der Waals surface area contributed by atoms with Gasteiger partial charge in [0.05, 0.1) is 11.4 Å². The maximum absolute atomic E-state index is 12.4. The Hall–Kier alpha value is -3.15. The molecule has 0 fully saturated rings. The van der Waals surface area contributed by atoms with Crippen LogP contribution in [-0.2, 0) is 9.59 Å². The zero-order valence-electron chi connectivity index (χ0n) is 13.1. The Bertz CT molecular complexity index is 802. The summed E-state index contributed by atoms with van der Waals surface area (Å²) >= 11 is 0. The van der Waals surface area contributed by atoms with Crippen LogP contribution in [0, 0.1) is 0 Å². The van der Waals surface area contributed by atoms with Crippen molar-refractivity contribution < 1.29 is 14.7 Å². The number of hydrazone groups is 1. The van der Waals surface area contributed by atoms with Crippen molar-refractivity contribution in [2.45, 2.75) is 19.4 Å². The number of phenols is 1. The first kappa shape index (κ1) is 15.7. The van der Waals surface area contributed by atoms with Gasteiger partial charge in [-0.05, 0) is 31.2 Å². The second-order valence-corrected chi connectivity index (χ2v) is 5.53. The van der Waals surface area contributed by atoms with Gasteiger partial charge in [-0.25, -0.2) is 0 Å². The zero-order valence-corrected chi connectivity index (χ0v) is 13.1. The average molecular weight is 323 g/mol. The lowest BCUT2D eigenvalue weighted by atomic mass is 10.1. The van der Waals surface area contributed by atoms with Gasteiger partial charge in [0.15, 0.2) is 5.78 Å². The average Bonchev–Trinajstić information content (AvgIpc) is 3.03. The van der Waals surface area contributed by atoms with Gasteiger partial charge in [-0.2, -0.15) is 5.10 Å². The van der Waals surface area contributed by atoms with E-state index in [9.17, 15) is 14.7 Å². The summed E-state index contributed by atoms with van der Waals surface area (Å²) in [4.78, 5) is 24.3. The minimum atomic E-state index is -0.502. The predicted octanol–water partition coefficient (Wildman–Crippen LogP) is 2.55. The number of rotatable bonds is 4. The van der Waals surface area contributed by atoms with Crippen molar-refractivity contribution in [3.8, 4) is 5.75 Å². The fraction of sp³-hybridized carbons (Fsp3) is 0.167. The molecule has 1 amide bonds. The van der Waals surface area contributed by atoms with Crippen molar-refractivity contribution in [1.29, 1.82) is 0 Å².